The molecule has 32 heavy (non-hydrogen) atoms. The molecule has 1 unspecified atom stereocenters. The van der Waals surface area contributed by atoms with Crippen molar-refractivity contribution in [2.45, 2.75) is 31.2 Å². The second-order valence-corrected chi connectivity index (χ2v) is 9.69. The van der Waals surface area contributed by atoms with E-state index in [9.17, 15) is 17.6 Å². The molecule has 0 bridgehead atoms. The zero-order valence-corrected chi connectivity index (χ0v) is 18.3. The van der Waals surface area contributed by atoms with E-state index in [1.807, 2.05) is 31.2 Å². The molecule has 10 heteroatoms. The highest BCUT2D eigenvalue weighted by Crippen LogP contribution is 2.24. The molecular weight excluding hydrogens is 435 g/mol. The minimum Gasteiger partial charge on any atom is -0.347 e. The zero-order chi connectivity index (χ0) is 22.7. The molecule has 1 saturated heterocycles. The number of amides is 1. The number of benzene rings is 2. The number of nitrogens with one attached hydrogen (secondary N) is 1. The van der Waals surface area contributed by atoms with Crippen LogP contribution in [0.25, 0.3) is 11.4 Å². The van der Waals surface area contributed by atoms with E-state index in [2.05, 4.69) is 15.5 Å². The number of sulfonamides is 1. The van der Waals surface area contributed by atoms with Crippen LogP contribution in [0, 0.1) is 18.7 Å². The first-order valence-electron chi connectivity index (χ1n) is 10.3. The summed E-state index contributed by atoms with van der Waals surface area (Å²) in [5.74, 6) is -0.586. The molecule has 1 aliphatic rings. The van der Waals surface area contributed by atoms with E-state index in [4.69, 9.17) is 4.52 Å². The molecule has 0 saturated carbocycles. The second kappa shape index (κ2) is 9.17. The maximum Gasteiger partial charge on any atom is 0.246 e. The highest BCUT2D eigenvalue weighted by Gasteiger charge is 2.33. The Morgan fingerprint density at radius 3 is 2.78 bits per heavy atom. The number of aromatic nitrogens is 2. The maximum absolute atomic E-state index is 13.1. The molecule has 0 aliphatic carbocycles. The van der Waals surface area contributed by atoms with Gasteiger partial charge in [0.25, 0.3) is 0 Å². The van der Waals surface area contributed by atoms with E-state index in [1.54, 1.807) is 0 Å². The van der Waals surface area contributed by atoms with Crippen molar-refractivity contribution < 1.29 is 22.1 Å². The molecule has 4 rings (SSSR count). The van der Waals surface area contributed by atoms with E-state index in [1.165, 1.54) is 16.4 Å². The number of hydrogen-bond donors (Lipinski definition) is 1. The fourth-order valence-corrected chi connectivity index (χ4v) is 5.19. The summed E-state index contributed by atoms with van der Waals surface area (Å²) >= 11 is 0. The predicted molar refractivity (Wildman–Crippen MR) is 114 cm³/mol. The summed E-state index contributed by atoms with van der Waals surface area (Å²) in [6, 6.07) is 12.4. The van der Waals surface area contributed by atoms with Crippen LogP contribution in [0.15, 0.2) is 57.9 Å². The first kappa shape index (κ1) is 22.1. The summed E-state index contributed by atoms with van der Waals surface area (Å²) in [4.78, 5) is 17.0. The third-order valence-electron chi connectivity index (χ3n) is 5.36. The van der Waals surface area contributed by atoms with E-state index in [0.717, 1.165) is 23.3 Å². The van der Waals surface area contributed by atoms with Gasteiger partial charge in [0.15, 0.2) is 0 Å². The largest absolute Gasteiger partial charge is 0.347 e. The molecule has 1 N–H and O–H groups in total. The lowest BCUT2D eigenvalue weighted by atomic mass is 9.99. The summed E-state index contributed by atoms with van der Waals surface area (Å²) in [5, 5.41) is 6.71. The van der Waals surface area contributed by atoms with Crippen LogP contribution >= 0.6 is 0 Å². The second-order valence-electron chi connectivity index (χ2n) is 7.76. The summed E-state index contributed by atoms with van der Waals surface area (Å²) in [7, 11) is -3.80. The molecular formula is C22H23FN4O4S. The average Bonchev–Trinajstić information content (AvgIpc) is 3.27. The Morgan fingerprint density at radius 2 is 2.03 bits per heavy atom. The first-order valence-corrected chi connectivity index (χ1v) is 11.7. The monoisotopic (exact) mass is 458 g/mol. The third kappa shape index (κ3) is 4.86. The van der Waals surface area contributed by atoms with E-state index in [-0.39, 0.29) is 29.8 Å². The molecule has 3 aromatic rings. The highest BCUT2D eigenvalue weighted by atomic mass is 32.2. The van der Waals surface area contributed by atoms with Crippen LogP contribution in [0.1, 0.15) is 24.3 Å². The molecule has 0 radical (unpaired) electrons. The van der Waals surface area contributed by atoms with Gasteiger partial charge in [-0.2, -0.15) is 9.29 Å². The number of hydrogen-bond acceptors (Lipinski definition) is 6. The van der Waals surface area contributed by atoms with Gasteiger partial charge in [0.2, 0.25) is 27.6 Å². The zero-order valence-electron chi connectivity index (χ0n) is 17.5. The Labute approximate surface area is 185 Å². The molecule has 2 aromatic carbocycles. The van der Waals surface area contributed by atoms with Gasteiger partial charge in [-0.3, -0.25) is 4.79 Å². The van der Waals surface area contributed by atoms with Gasteiger partial charge in [-0.25, -0.2) is 12.8 Å². The van der Waals surface area contributed by atoms with Crippen LogP contribution in [-0.4, -0.2) is 41.9 Å². The van der Waals surface area contributed by atoms with Gasteiger partial charge < -0.3 is 9.84 Å². The van der Waals surface area contributed by atoms with Crippen LogP contribution in [0.5, 0.6) is 0 Å². The summed E-state index contributed by atoms with van der Waals surface area (Å²) in [6.45, 7) is 2.39. The Balaban J connectivity index is 1.37. The van der Waals surface area contributed by atoms with Crippen molar-refractivity contribution in [2.75, 3.05) is 13.1 Å². The Morgan fingerprint density at radius 1 is 1.25 bits per heavy atom. The molecule has 8 nitrogen and oxygen atoms in total. The minimum atomic E-state index is -3.80. The molecule has 2 heterocycles. The van der Waals surface area contributed by atoms with Crippen LogP contribution < -0.4 is 5.32 Å². The molecule has 168 valence electrons. The summed E-state index contributed by atoms with van der Waals surface area (Å²) in [5.41, 5.74) is 1.89. The number of nitrogens with zero attached hydrogens (tertiary/aromatic N) is 3. The topological polar surface area (TPSA) is 105 Å². The Bertz CT molecular complexity index is 1210. The number of piperidine rings is 1. The fourth-order valence-electron chi connectivity index (χ4n) is 3.67. The van der Waals surface area contributed by atoms with Gasteiger partial charge >= 0.3 is 0 Å². The van der Waals surface area contributed by atoms with Crippen molar-refractivity contribution in [3.63, 3.8) is 0 Å². The van der Waals surface area contributed by atoms with E-state index >= 15 is 0 Å². The van der Waals surface area contributed by atoms with Gasteiger partial charge in [-0.05, 0) is 50.1 Å². The van der Waals surface area contributed by atoms with Crippen molar-refractivity contribution in [2.24, 2.45) is 5.92 Å². The fraction of sp³-hybridized carbons (Fsp3) is 0.318. The SMILES string of the molecule is Cc1cccc(-c2noc(CNC(=O)C3CCCN(S(=O)(=O)c4ccc(F)cc4)C3)n2)c1. The lowest BCUT2D eigenvalue weighted by Gasteiger charge is -2.31. The summed E-state index contributed by atoms with van der Waals surface area (Å²) in [6.07, 6.45) is 1.12. The normalized spacial score (nSPS) is 17.2. The lowest BCUT2D eigenvalue weighted by Crippen LogP contribution is -2.45. The van der Waals surface area contributed by atoms with Gasteiger partial charge in [-0.15, -0.1) is 0 Å². The average molecular weight is 459 g/mol. The molecule has 1 aromatic heterocycles. The van der Waals surface area contributed by atoms with Crippen molar-refractivity contribution in [3.8, 4) is 11.4 Å². The van der Waals surface area contributed by atoms with Crippen molar-refractivity contribution in [3.05, 3.63) is 65.8 Å². The van der Waals surface area contributed by atoms with E-state index < -0.39 is 21.8 Å². The van der Waals surface area contributed by atoms with Crippen LogP contribution in [-0.2, 0) is 21.4 Å². The minimum absolute atomic E-state index is 0.00879. The first-order chi connectivity index (χ1) is 15.3. The van der Waals surface area contributed by atoms with E-state index in [0.29, 0.717) is 25.2 Å². The van der Waals surface area contributed by atoms with Crippen molar-refractivity contribution >= 4 is 15.9 Å². The Hall–Kier alpha value is -3.11. The van der Waals surface area contributed by atoms with Gasteiger partial charge in [0.1, 0.15) is 5.82 Å². The van der Waals surface area contributed by atoms with Crippen LogP contribution in [0.3, 0.4) is 0 Å². The molecule has 1 atom stereocenters. The van der Waals surface area contributed by atoms with Crippen molar-refractivity contribution in [1.29, 1.82) is 0 Å². The van der Waals surface area contributed by atoms with Crippen LogP contribution in [0.4, 0.5) is 4.39 Å². The number of rotatable bonds is 6. The molecule has 1 amide bonds. The quantitative estimate of drug-likeness (QED) is 0.609. The number of aryl methyl sites for hydroxylation is 1. The summed E-state index contributed by atoms with van der Waals surface area (Å²) < 4.78 is 45.3. The lowest BCUT2D eigenvalue weighted by molar-refractivity contribution is -0.126. The van der Waals surface area contributed by atoms with Crippen molar-refractivity contribution in [1.82, 2.24) is 19.8 Å². The molecule has 1 fully saturated rings. The number of carbonyl (C=O) groups excluding carboxylic acids is 1. The molecule has 1 aliphatic heterocycles. The predicted octanol–water partition coefficient (Wildman–Crippen LogP) is 2.90. The van der Waals surface area contributed by atoms with Gasteiger partial charge in [0, 0.05) is 18.7 Å². The highest BCUT2D eigenvalue weighted by molar-refractivity contribution is 7.89. The smallest absolute Gasteiger partial charge is 0.246 e. The Kier molecular flexibility index (Phi) is 6.33. The molecule has 0 spiro atoms. The van der Waals surface area contributed by atoms with Crippen LogP contribution in [0.2, 0.25) is 0 Å². The number of carbonyl (C=O) groups is 1. The van der Waals surface area contributed by atoms with Gasteiger partial charge in [0.05, 0.1) is 17.4 Å². The standard InChI is InChI=1S/C22H23FN4O4S/c1-15-4-2-5-16(12-15)21-25-20(31-26-21)13-24-22(28)17-6-3-11-27(14-17)32(29,30)19-9-7-18(23)8-10-19/h2,4-5,7-10,12,17H,3,6,11,13-14H2,1H3,(H,24,28). The van der Waals surface area contributed by atoms with Gasteiger partial charge in [-0.1, -0.05) is 28.9 Å². The number of halogens is 1. The third-order valence-corrected chi connectivity index (χ3v) is 7.24. The maximum atomic E-state index is 13.1.